The fourth-order valence-corrected chi connectivity index (χ4v) is 4.11. The minimum atomic E-state index is -5.59. The molecule has 196 valence electrons. The first-order valence-corrected chi connectivity index (χ1v) is 11.6. The summed E-state index contributed by atoms with van der Waals surface area (Å²) in [7, 11) is -11.2. The van der Waals surface area contributed by atoms with Gasteiger partial charge < -0.3 is 53.9 Å². The number of carboxylic acids is 1. The third-order valence-electron chi connectivity index (χ3n) is 4.34. The molecule has 23 heteroatoms. The number of nitrogens with one attached hydrogen (secondary N) is 1. The van der Waals surface area contributed by atoms with Crippen molar-refractivity contribution in [3.05, 3.63) is 11.8 Å². The first kappa shape index (κ1) is 40.2. The standard InChI is InChI=1S/C14H21NO17S2.3Na/c1-4(17)15-8-11(10(32-34(25,26)27)7(3-16)28-13(8)21)30-14-9(31-33(22,23)24)5(18)2-6(29-14)12(19)20;;;/h2,5,7-11,13-14,16,18,21H,3H2,1H3,(H,15,17)(H,19,20)(H,22,23,24)(H,25,26,27);;;/q;3*+1/p-3. The summed E-state index contributed by atoms with van der Waals surface area (Å²) < 4.78 is 90.3. The normalized spacial score (nSPS) is 31.8. The van der Waals surface area contributed by atoms with Crippen LogP contribution in [0.5, 0.6) is 0 Å². The Balaban J connectivity index is 0. The average molecular weight is 605 g/mol. The molecule has 2 aliphatic heterocycles. The zero-order valence-electron chi connectivity index (χ0n) is 19.8. The van der Waals surface area contributed by atoms with E-state index in [2.05, 4.69) is 13.7 Å². The van der Waals surface area contributed by atoms with Crippen LogP contribution in [0.4, 0.5) is 0 Å². The summed E-state index contributed by atoms with van der Waals surface area (Å²) in [4.78, 5) is 22.7. The molecule has 0 saturated carbocycles. The molecule has 0 aliphatic carbocycles. The molecule has 0 aromatic rings. The Morgan fingerprint density at radius 3 is 1.97 bits per heavy atom. The van der Waals surface area contributed by atoms with Crippen LogP contribution in [0.15, 0.2) is 11.8 Å². The summed E-state index contributed by atoms with van der Waals surface area (Å²) in [5, 5.41) is 42.9. The number of rotatable bonds is 9. The van der Waals surface area contributed by atoms with Crippen LogP contribution >= 0.6 is 0 Å². The maximum Gasteiger partial charge on any atom is 1.00 e. The average Bonchev–Trinajstić information content (AvgIpc) is 2.66. The Morgan fingerprint density at radius 1 is 1.03 bits per heavy atom. The number of aliphatic carboxylic acids is 1. The van der Waals surface area contributed by atoms with E-state index in [1.54, 1.807) is 0 Å². The van der Waals surface area contributed by atoms with Crippen molar-refractivity contribution in [1.82, 2.24) is 5.32 Å². The number of aliphatic hydroxyl groups excluding tert-OH is 3. The van der Waals surface area contributed by atoms with Crippen LogP contribution in [0.2, 0.25) is 0 Å². The van der Waals surface area contributed by atoms with Gasteiger partial charge in [-0.1, -0.05) is 0 Å². The van der Waals surface area contributed by atoms with Crippen molar-refractivity contribution in [3.63, 3.8) is 0 Å². The first-order valence-electron chi connectivity index (χ1n) is 8.95. The molecule has 1 fully saturated rings. The van der Waals surface area contributed by atoms with E-state index in [9.17, 15) is 56.0 Å². The molecule has 0 aromatic heterocycles. The van der Waals surface area contributed by atoms with E-state index in [1.165, 1.54) is 0 Å². The van der Waals surface area contributed by atoms with Gasteiger partial charge in [0, 0.05) is 6.92 Å². The maximum absolute atomic E-state index is 11.6. The molecule has 0 bridgehead atoms. The van der Waals surface area contributed by atoms with Crippen molar-refractivity contribution in [2.24, 2.45) is 0 Å². The van der Waals surface area contributed by atoms with Gasteiger partial charge in [0.25, 0.3) is 0 Å². The van der Waals surface area contributed by atoms with Crippen molar-refractivity contribution in [1.29, 1.82) is 0 Å². The second kappa shape index (κ2) is 16.5. The van der Waals surface area contributed by atoms with E-state index in [4.69, 9.17) is 14.2 Å². The SMILES string of the molecule is CC(=O)NC1C(O)OC(CO)C(OS(=O)(=O)[O-])C1OC1OC(C(=O)[O-])=CC(O)C1OS(=O)(=O)[O-].[Na+].[Na+].[Na+]. The Kier molecular flexibility index (Phi) is 17.9. The Hall–Kier alpha value is 1.02. The van der Waals surface area contributed by atoms with Crippen LogP contribution in [-0.4, -0.2) is 109 Å². The Labute approximate surface area is 276 Å². The number of carbonyl (C=O) groups excluding carboxylic acids is 2. The van der Waals surface area contributed by atoms with Crippen molar-refractivity contribution >= 4 is 32.7 Å². The molecule has 2 heterocycles. The van der Waals surface area contributed by atoms with E-state index in [0.717, 1.165) is 6.92 Å². The number of ether oxygens (including phenoxy) is 3. The topological polar surface area (TPSA) is 290 Å². The fraction of sp³-hybridized carbons (Fsp3) is 0.714. The van der Waals surface area contributed by atoms with Crippen molar-refractivity contribution in [3.8, 4) is 0 Å². The van der Waals surface area contributed by atoms with Crippen LogP contribution in [0, 0.1) is 0 Å². The summed E-state index contributed by atoms with van der Waals surface area (Å²) in [6.45, 7) is -0.174. The smallest absolute Gasteiger partial charge is 0.726 e. The number of carboxylic acid groups (broad SMARTS) is 1. The van der Waals surface area contributed by atoms with Crippen molar-refractivity contribution < 1.29 is 167 Å². The van der Waals surface area contributed by atoms with Crippen LogP contribution in [0.25, 0.3) is 0 Å². The molecule has 37 heavy (non-hydrogen) atoms. The van der Waals surface area contributed by atoms with Crippen LogP contribution < -0.4 is 99.1 Å². The minimum absolute atomic E-state index is 0. The molecule has 0 radical (unpaired) electrons. The van der Waals surface area contributed by atoms with E-state index in [1.807, 2.05) is 0 Å². The molecule has 1 amide bonds. The summed E-state index contributed by atoms with van der Waals surface area (Å²) in [5.41, 5.74) is 0. The Bertz CT molecular complexity index is 1020. The molecular formula is C14H18NNa3O17S2. The fourth-order valence-electron chi connectivity index (χ4n) is 3.13. The summed E-state index contributed by atoms with van der Waals surface area (Å²) >= 11 is 0. The number of amides is 1. The number of aliphatic hydroxyl groups is 3. The van der Waals surface area contributed by atoms with Gasteiger partial charge in [0.15, 0.2) is 12.4 Å². The summed E-state index contributed by atoms with van der Waals surface area (Å²) in [5.74, 6) is -4.08. The third kappa shape index (κ3) is 12.2. The maximum atomic E-state index is 11.6. The predicted molar refractivity (Wildman–Crippen MR) is 93.6 cm³/mol. The molecule has 8 unspecified atom stereocenters. The van der Waals surface area contributed by atoms with Crippen LogP contribution in [0.1, 0.15) is 6.92 Å². The van der Waals surface area contributed by atoms with Crippen molar-refractivity contribution in [2.75, 3.05) is 6.61 Å². The van der Waals surface area contributed by atoms with Gasteiger partial charge in [-0.2, -0.15) is 0 Å². The predicted octanol–water partition coefficient (Wildman–Crippen LogP) is -15.4. The quantitative estimate of drug-likeness (QED) is 0.108. The number of hydrogen-bond donors (Lipinski definition) is 4. The van der Waals surface area contributed by atoms with Gasteiger partial charge in [-0.15, -0.1) is 0 Å². The summed E-state index contributed by atoms with van der Waals surface area (Å²) in [6, 6.07) is -1.82. The molecule has 1 saturated heterocycles. The zero-order chi connectivity index (χ0) is 26.0. The van der Waals surface area contributed by atoms with Crippen molar-refractivity contribution in [2.45, 2.75) is 56.1 Å². The zero-order valence-corrected chi connectivity index (χ0v) is 27.4. The molecule has 2 aliphatic rings. The van der Waals surface area contributed by atoms with Crippen LogP contribution in [-0.2, 0) is 53.0 Å². The van der Waals surface area contributed by atoms with Gasteiger partial charge in [0.2, 0.25) is 33.0 Å². The molecule has 0 spiro atoms. The van der Waals surface area contributed by atoms with Gasteiger partial charge in [0.1, 0.15) is 42.2 Å². The Morgan fingerprint density at radius 2 is 1.54 bits per heavy atom. The van der Waals surface area contributed by atoms with Gasteiger partial charge in [-0.05, 0) is 6.08 Å². The van der Waals surface area contributed by atoms with Crippen LogP contribution in [0.3, 0.4) is 0 Å². The number of hydrogen-bond acceptors (Lipinski definition) is 17. The largest absolute Gasteiger partial charge is 1.00 e. The monoisotopic (exact) mass is 605 g/mol. The molecule has 4 N–H and O–H groups in total. The van der Waals surface area contributed by atoms with E-state index in [0.29, 0.717) is 6.08 Å². The van der Waals surface area contributed by atoms with Gasteiger partial charge in [-0.3, -0.25) is 13.2 Å². The molecule has 2 rings (SSSR count). The second-order valence-electron chi connectivity index (χ2n) is 6.81. The molecule has 18 nitrogen and oxygen atoms in total. The van der Waals surface area contributed by atoms with E-state index < -0.39 is 94.2 Å². The third-order valence-corrected chi connectivity index (χ3v) is 5.25. The molecule has 0 aromatic carbocycles. The molecule has 8 atom stereocenters. The van der Waals surface area contributed by atoms with E-state index in [-0.39, 0.29) is 88.7 Å². The molecular weight excluding hydrogens is 587 g/mol. The van der Waals surface area contributed by atoms with E-state index >= 15 is 0 Å². The first-order chi connectivity index (χ1) is 15.5. The van der Waals surface area contributed by atoms with Gasteiger partial charge in [0.05, 0.1) is 6.61 Å². The minimum Gasteiger partial charge on any atom is -0.726 e. The van der Waals surface area contributed by atoms with Gasteiger partial charge in [-0.25, -0.2) is 16.8 Å². The van der Waals surface area contributed by atoms with Gasteiger partial charge >= 0.3 is 88.7 Å². The summed E-state index contributed by atoms with van der Waals surface area (Å²) in [6.07, 6.45) is -14.7. The number of carbonyl (C=O) groups is 2. The second-order valence-corrected chi connectivity index (χ2v) is 8.83.